The number of hydrogen-bond donors (Lipinski definition) is 0. The molecule has 1 fully saturated rings. The van der Waals surface area contributed by atoms with Gasteiger partial charge < -0.3 is 19.1 Å². The first-order chi connectivity index (χ1) is 10.4. The fraction of sp³-hybridized carbons (Fsp3) is 0.588. The van der Waals surface area contributed by atoms with Crippen LogP contribution in [-0.4, -0.2) is 37.4 Å². The van der Waals surface area contributed by atoms with Crippen molar-refractivity contribution in [2.45, 2.75) is 45.3 Å². The number of amides is 1. The summed E-state index contributed by atoms with van der Waals surface area (Å²) in [5.74, 6) is 1.52. The van der Waals surface area contributed by atoms with Gasteiger partial charge in [-0.05, 0) is 51.8 Å². The average molecular weight is 307 g/mol. The third kappa shape index (κ3) is 3.64. The summed E-state index contributed by atoms with van der Waals surface area (Å²) >= 11 is 0. The lowest BCUT2D eigenvalue weighted by Crippen LogP contribution is -2.36. The van der Waals surface area contributed by atoms with Crippen LogP contribution in [0.15, 0.2) is 18.2 Å². The van der Waals surface area contributed by atoms with Crippen molar-refractivity contribution in [1.82, 2.24) is 4.90 Å². The molecular weight excluding hydrogens is 282 g/mol. The minimum Gasteiger partial charge on any atom is -0.497 e. The van der Waals surface area contributed by atoms with Gasteiger partial charge in [0.25, 0.3) is 0 Å². The Bertz CT molecular complexity index is 536. The summed E-state index contributed by atoms with van der Waals surface area (Å²) in [7, 11) is 3.27. The fourth-order valence-electron chi connectivity index (χ4n) is 2.73. The maximum absolute atomic E-state index is 12.4. The molecule has 1 aliphatic heterocycles. The minimum atomic E-state index is -0.497. The normalized spacial score (nSPS) is 18.2. The molecule has 1 aromatic carbocycles. The number of carbonyl (C=O) groups is 1. The third-order valence-corrected chi connectivity index (χ3v) is 3.68. The zero-order chi connectivity index (χ0) is 16.3. The first kappa shape index (κ1) is 16.5. The highest BCUT2D eigenvalue weighted by Crippen LogP contribution is 2.39. The van der Waals surface area contributed by atoms with Gasteiger partial charge in [-0.3, -0.25) is 0 Å². The molecule has 1 aliphatic rings. The second-order valence-corrected chi connectivity index (χ2v) is 6.44. The van der Waals surface area contributed by atoms with E-state index in [2.05, 4.69) is 0 Å². The molecule has 122 valence electrons. The second-order valence-electron chi connectivity index (χ2n) is 6.44. The number of rotatable bonds is 3. The molecule has 0 spiro atoms. The number of hydrogen-bond acceptors (Lipinski definition) is 4. The Balaban J connectivity index is 2.28. The number of nitrogens with zero attached hydrogens (tertiary/aromatic N) is 1. The molecule has 1 saturated heterocycles. The van der Waals surface area contributed by atoms with Crippen LogP contribution in [0.2, 0.25) is 0 Å². The van der Waals surface area contributed by atoms with Crippen LogP contribution < -0.4 is 9.47 Å². The van der Waals surface area contributed by atoms with Gasteiger partial charge in [-0.25, -0.2) is 4.79 Å². The van der Waals surface area contributed by atoms with E-state index in [0.29, 0.717) is 6.54 Å². The molecule has 1 heterocycles. The molecule has 1 aromatic rings. The summed E-state index contributed by atoms with van der Waals surface area (Å²) in [4.78, 5) is 14.2. The highest BCUT2D eigenvalue weighted by Gasteiger charge is 2.34. The Labute approximate surface area is 132 Å². The maximum Gasteiger partial charge on any atom is 0.410 e. The molecule has 5 nitrogen and oxygen atoms in total. The molecule has 1 amide bonds. The smallest absolute Gasteiger partial charge is 0.410 e. The van der Waals surface area contributed by atoms with Gasteiger partial charge in [0.1, 0.15) is 17.1 Å². The lowest BCUT2D eigenvalue weighted by molar-refractivity contribution is 0.0223. The van der Waals surface area contributed by atoms with Crippen molar-refractivity contribution >= 4 is 6.09 Å². The molecule has 1 unspecified atom stereocenters. The zero-order valence-corrected chi connectivity index (χ0v) is 14.0. The van der Waals surface area contributed by atoms with Crippen LogP contribution in [0.3, 0.4) is 0 Å². The number of ether oxygens (including phenoxy) is 3. The van der Waals surface area contributed by atoms with E-state index in [9.17, 15) is 4.79 Å². The topological polar surface area (TPSA) is 48.0 Å². The Hall–Kier alpha value is -1.91. The number of methoxy groups -OCH3 is 2. The monoisotopic (exact) mass is 307 g/mol. The first-order valence-electron chi connectivity index (χ1n) is 7.57. The van der Waals surface area contributed by atoms with Gasteiger partial charge in [0.15, 0.2) is 0 Å². The Kier molecular flexibility index (Phi) is 4.84. The molecule has 0 bridgehead atoms. The quantitative estimate of drug-likeness (QED) is 0.852. The summed E-state index contributed by atoms with van der Waals surface area (Å²) in [5.41, 5.74) is 0.466. The van der Waals surface area contributed by atoms with Gasteiger partial charge in [0.2, 0.25) is 0 Å². The van der Waals surface area contributed by atoms with E-state index in [0.717, 1.165) is 29.9 Å². The van der Waals surface area contributed by atoms with E-state index in [4.69, 9.17) is 14.2 Å². The molecule has 2 rings (SSSR count). The van der Waals surface area contributed by atoms with Gasteiger partial charge in [-0.2, -0.15) is 0 Å². The highest BCUT2D eigenvalue weighted by atomic mass is 16.6. The molecular formula is C17H25NO4. The second kappa shape index (κ2) is 6.46. The minimum absolute atomic E-state index is 0.0418. The summed E-state index contributed by atoms with van der Waals surface area (Å²) in [6, 6.07) is 5.63. The van der Waals surface area contributed by atoms with Gasteiger partial charge in [-0.1, -0.05) is 0 Å². The first-order valence-corrected chi connectivity index (χ1v) is 7.57. The van der Waals surface area contributed by atoms with Crippen LogP contribution in [0.1, 0.15) is 45.2 Å². The molecule has 0 aromatic heterocycles. The van der Waals surface area contributed by atoms with Gasteiger partial charge in [0.05, 0.1) is 20.3 Å². The third-order valence-electron chi connectivity index (χ3n) is 3.68. The van der Waals surface area contributed by atoms with Crippen molar-refractivity contribution in [2.24, 2.45) is 0 Å². The molecule has 0 radical (unpaired) electrons. The van der Waals surface area contributed by atoms with E-state index in [-0.39, 0.29) is 12.1 Å². The van der Waals surface area contributed by atoms with Crippen LogP contribution >= 0.6 is 0 Å². The van der Waals surface area contributed by atoms with Crippen LogP contribution in [0, 0.1) is 0 Å². The Morgan fingerprint density at radius 1 is 1.23 bits per heavy atom. The van der Waals surface area contributed by atoms with Crippen molar-refractivity contribution in [1.29, 1.82) is 0 Å². The van der Waals surface area contributed by atoms with Gasteiger partial charge in [0, 0.05) is 12.1 Å². The van der Waals surface area contributed by atoms with Crippen molar-refractivity contribution in [3.63, 3.8) is 0 Å². The predicted octanol–water partition coefficient (Wildman–Crippen LogP) is 3.78. The van der Waals surface area contributed by atoms with E-state index in [1.165, 1.54) is 0 Å². The molecule has 22 heavy (non-hydrogen) atoms. The number of carbonyl (C=O) groups excluding carboxylic acids is 1. The molecule has 0 saturated carbocycles. The highest BCUT2D eigenvalue weighted by molar-refractivity contribution is 5.69. The van der Waals surface area contributed by atoms with Crippen molar-refractivity contribution in [2.75, 3.05) is 20.8 Å². The fourth-order valence-corrected chi connectivity index (χ4v) is 2.73. The Morgan fingerprint density at radius 2 is 1.95 bits per heavy atom. The summed E-state index contributed by atoms with van der Waals surface area (Å²) in [6.07, 6.45) is 1.56. The SMILES string of the molecule is COc1ccc(OC)c(C2CCCN2C(=O)OC(C)(C)C)c1. The molecule has 5 heteroatoms. The van der Waals surface area contributed by atoms with Crippen LogP contribution in [0.4, 0.5) is 4.79 Å². The lowest BCUT2D eigenvalue weighted by Gasteiger charge is -2.29. The standard InChI is InChI=1S/C17H25NO4/c1-17(2,3)22-16(19)18-10-6-7-14(18)13-11-12(20-4)8-9-15(13)21-5/h8-9,11,14H,6-7,10H2,1-5H3. The van der Waals surface area contributed by atoms with Crippen molar-refractivity contribution in [3.05, 3.63) is 23.8 Å². The maximum atomic E-state index is 12.4. The number of benzene rings is 1. The molecule has 1 atom stereocenters. The van der Waals surface area contributed by atoms with Crippen LogP contribution in [0.25, 0.3) is 0 Å². The van der Waals surface area contributed by atoms with Crippen LogP contribution in [0.5, 0.6) is 11.5 Å². The number of likely N-dealkylation sites (tertiary alicyclic amines) is 1. The molecule has 0 N–H and O–H groups in total. The van der Waals surface area contributed by atoms with E-state index >= 15 is 0 Å². The molecule has 0 aliphatic carbocycles. The van der Waals surface area contributed by atoms with Crippen LogP contribution in [-0.2, 0) is 4.74 Å². The Morgan fingerprint density at radius 3 is 2.55 bits per heavy atom. The largest absolute Gasteiger partial charge is 0.497 e. The summed E-state index contributed by atoms with van der Waals surface area (Å²) < 4.78 is 16.3. The van der Waals surface area contributed by atoms with Crippen molar-refractivity contribution in [3.8, 4) is 11.5 Å². The van der Waals surface area contributed by atoms with E-state index in [1.54, 1.807) is 19.1 Å². The predicted molar refractivity (Wildman–Crippen MR) is 84.5 cm³/mol. The zero-order valence-electron chi connectivity index (χ0n) is 14.0. The summed E-state index contributed by atoms with van der Waals surface area (Å²) in [6.45, 7) is 6.33. The summed E-state index contributed by atoms with van der Waals surface area (Å²) in [5, 5.41) is 0. The average Bonchev–Trinajstić information content (AvgIpc) is 2.94. The van der Waals surface area contributed by atoms with Gasteiger partial charge >= 0.3 is 6.09 Å². The van der Waals surface area contributed by atoms with E-state index < -0.39 is 5.60 Å². The van der Waals surface area contributed by atoms with Crippen molar-refractivity contribution < 1.29 is 19.0 Å². The lowest BCUT2D eigenvalue weighted by atomic mass is 10.0. The van der Waals surface area contributed by atoms with E-state index in [1.807, 2.05) is 39.0 Å². The van der Waals surface area contributed by atoms with Gasteiger partial charge in [-0.15, -0.1) is 0 Å².